The molecule has 0 saturated carbocycles. The third-order valence-corrected chi connectivity index (χ3v) is 12.3. The maximum Gasteiger partial charge on any atom is 0.407 e. The zero-order valence-electron chi connectivity index (χ0n) is 34.7. The van der Waals surface area contributed by atoms with Gasteiger partial charge in [0.15, 0.2) is 0 Å². The van der Waals surface area contributed by atoms with Gasteiger partial charge in [-0.3, -0.25) is 9.59 Å². The Morgan fingerprint density at radius 3 is 2.25 bits per heavy atom. The van der Waals surface area contributed by atoms with Gasteiger partial charge in [-0.1, -0.05) is 37.8 Å². The summed E-state index contributed by atoms with van der Waals surface area (Å²) < 4.78 is 15.2. The molecule has 5 atom stereocenters. The number of carbonyl (C=O) groups is 4. The summed E-state index contributed by atoms with van der Waals surface area (Å²) in [5, 5.41) is 7.51. The van der Waals surface area contributed by atoms with Gasteiger partial charge in [0.25, 0.3) is 0 Å². The number of imidazole rings is 2. The number of aromatic amines is 2. The zero-order valence-corrected chi connectivity index (χ0v) is 34.7. The number of amides is 4. The quantitative estimate of drug-likeness (QED) is 0.132. The van der Waals surface area contributed by atoms with Gasteiger partial charge in [0, 0.05) is 42.3 Å². The van der Waals surface area contributed by atoms with Gasteiger partial charge in [0.1, 0.15) is 23.7 Å². The van der Waals surface area contributed by atoms with Crippen LogP contribution in [0.15, 0.2) is 48.5 Å². The fourth-order valence-electron chi connectivity index (χ4n) is 9.06. The number of H-pyrrole nitrogens is 2. The minimum Gasteiger partial charge on any atom is -0.453 e. The smallest absolute Gasteiger partial charge is 0.407 e. The summed E-state index contributed by atoms with van der Waals surface area (Å²) in [7, 11) is 2.60. The number of fused-ring (bicyclic) bond motifs is 4. The number of aromatic nitrogens is 4. The van der Waals surface area contributed by atoms with Crippen molar-refractivity contribution in [1.82, 2.24) is 40.4 Å². The van der Waals surface area contributed by atoms with E-state index in [2.05, 4.69) is 44.6 Å². The number of nitrogens with one attached hydrogen (secondary N) is 4. The van der Waals surface area contributed by atoms with Crippen molar-refractivity contribution in [3.8, 4) is 11.8 Å². The number of methoxy groups -OCH3 is 2. The topological polar surface area (TPSA) is 184 Å². The van der Waals surface area contributed by atoms with E-state index in [9.17, 15) is 19.2 Å². The molecule has 3 saturated heterocycles. The first-order valence-corrected chi connectivity index (χ1v) is 20.9. The lowest BCUT2D eigenvalue weighted by Gasteiger charge is -2.34. The van der Waals surface area contributed by atoms with Crippen LogP contribution in [0.2, 0.25) is 0 Å². The van der Waals surface area contributed by atoms with Crippen molar-refractivity contribution in [1.29, 1.82) is 0 Å². The lowest BCUT2D eigenvalue weighted by Crippen LogP contribution is -2.53. The summed E-state index contributed by atoms with van der Waals surface area (Å²) in [6.45, 7) is 7.51. The van der Waals surface area contributed by atoms with Crippen molar-refractivity contribution in [2.45, 2.75) is 89.5 Å². The van der Waals surface area contributed by atoms with Crippen LogP contribution in [0.5, 0.6) is 0 Å². The van der Waals surface area contributed by atoms with Gasteiger partial charge in [0.05, 0.1) is 48.4 Å². The van der Waals surface area contributed by atoms with Crippen LogP contribution in [0.1, 0.15) is 94.2 Å². The highest BCUT2D eigenvalue weighted by atomic mass is 16.5. The fourth-order valence-corrected chi connectivity index (χ4v) is 9.06. The second-order valence-corrected chi connectivity index (χ2v) is 16.4. The van der Waals surface area contributed by atoms with E-state index in [1.165, 1.54) is 14.2 Å². The van der Waals surface area contributed by atoms with Crippen molar-refractivity contribution in [3.63, 3.8) is 0 Å². The summed E-state index contributed by atoms with van der Waals surface area (Å²) >= 11 is 0. The second-order valence-electron chi connectivity index (χ2n) is 16.4. The molecular weight excluding hydrogens is 765 g/mol. The molecule has 0 radical (unpaired) electrons. The first-order valence-electron chi connectivity index (χ1n) is 20.9. The Bertz CT molecular complexity index is 2490. The van der Waals surface area contributed by atoms with Gasteiger partial charge in [-0.25, -0.2) is 19.6 Å². The van der Waals surface area contributed by atoms with Crippen LogP contribution in [0, 0.1) is 23.7 Å². The molecule has 3 aliphatic rings. The number of alkyl carbamates (subject to hydrolysis) is 2. The van der Waals surface area contributed by atoms with Crippen molar-refractivity contribution < 1.29 is 33.4 Å². The molecule has 0 aliphatic carbocycles. The Balaban J connectivity index is 0.998. The third kappa shape index (κ3) is 8.08. The molecule has 3 aliphatic heterocycles. The summed E-state index contributed by atoms with van der Waals surface area (Å²) in [6.07, 6.45) is 3.29. The van der Waals surface area contributed by atoms with Gasteiger partial charge in [0.2, 0.25) is 11.8 Å². The van der Waals surface area contributed by atoms with Gasteiger partial charge in [-0.05, 0) is 99.1 Å². The van der Waals surface area contributed by atoms with E-state index in [0.29, 0.717) is 38.4 Å². The minimum atomic E-state index is -0.718. The lowest BCUT2D eigenvalue weighted by molar-refractivity contribution is -0.137. The molecule has 3 aromatic carbocycles. The number of hydrogen-bond acceptors (Lipinski definition) is 9. The van der Waals surface area contributed by atoms with Crippen molar-refractivity contribution in [2.75, 3.05) is 34.0 Å². The first kappa shape index (κ1) is 40.6. The van der Waals surface area contributed by atoms with Crippen molar-refractivity contribution >= 4 is 56.8 Å². The van der Waals surface area contributed by atoms with Crippen molar-refractivity contribution in [2.24, 2.45) is 11.8 Å². The Hall–Kier alpha value is -6.14. The monoisotopic (exact) mass is 816 g/mol. The number of benzene rings is 3. The highest BCUT2D eigenvalue weighted by molar-refractivity contribution is 6.04. The molecule has 4 N–H and O–H groups in total. The Kier molecular flexibility index (Phi) is 11.7. The maximum absolute atomic E-state index is 14.1. The van der Waals surface area contributed by atoms with E-state index in [1.54, 1.807) is 0 Å². The third-order valence-electron chi connectivity index (χ3n) is 12.3. The Morgan fingerprint density at radius 1 is 0.800 bits per heavy atom. The molecule has 314 valence electrons. The summed E-state index contributed by atoms with van der Waals surface area (Å²) in [4.78, 5) is 72.9. The maximum atomic E-state index is 14.1. The Morgan fingerprint density at radius 2 is 1.50 bits per heavy atom. The van der Waals surface area contributed by atoms with Crippen molar-refractivity contribution in [3.05, 3.63) is 71.3 Å². The van der Waals surface area contributed by atoms with Crippen LogP contribution in [0.25, 0.3) is 32.8 Å². The number of carbonyl (C=O) groups excluding carboxylic acids is 4. The van der Waals surface area contributed by atoms with Crippen LogP contribution >= 0.6 is 0 Å². The van der Waals surface area contributed by atoms with Gasteiger partial charge in [-0.15, -0.1) is 0 Å². The fraction of sp³-hybridized carbons (Fsp3) is 0.467. The lowest BCUT2D eigenvalue weighted by atomic mass is 9.90. The SMILES string of the molecule is COC(=O)N[C@H](C(=O)N1[C@@H](C)CC[C@H]1c1nc2ccc(C#Cc3ccc4c(ccc5[nH]c([C@@H]6CCCN6C(=O)[C@@H](NC(=O)OC)C6CCOCC6)nc54)c3)cc2[nH]1)C(C)C. The number of nitrogens with zero attached hydrogens (tertiary/aromatic N) is 4. The molecule has 5 aromatic rings. The van der Waals surface area contributed by atoms with Crippen LogP contribution in [-0.4, -0.2) is 106 Å². The molecule has 0 bridgehead atoms. The van der Waals surface area contributed by atoms with Crippen LogP contribution < -0.4 is 10.6 Å². The normalized spacial score (nSPS) is 20.6. The van der Waals surface area contributed by atoms with Crippen LogP contribution in [0.3, 0.4) is 0 Å². The second kappa shape index (κ2) is 17.2. The van der Waals surface area contributed by atoms with Crippen LogP contribution in [0.4, 0.5) is 9.59 Å². The molecule has 60 heavy (non-hydrogen) atoms. The number of ether oxygens (including phenoxy) is 3. The van der Waals surface area contributed by atoms with E-state index < -0.39 is 24.3 Å². The van der Waals surface area contributed by atoms with Crippen LogP contribution in [-0.2, 0) is 23.8 Å². The van der Waals surface area contributed by atoms with E-state index in [1.807, 2.05) is 67.0 Å². The predicted octanol–water partition coefficient (Wildman–Crippen LogP) is 6.24. The molecule has 0 spiro atoms. The van der Waals surface area contributed by atoms with E-state index in [4.69, 9.17) is 24.2 Å². The van der Waals surface area contributed by atoms with E-state index in [-0.39, 0.29) is 41.8 Å². The number of hydrogen-bond donors (Lipinski definition) is 4. The molecule has 15 heteroatoms. The summed E-state index contributed by atoms with van der Waals surface area (Å²) in [5.41, 5.74) is 4.98. The minimum absolute atomic E-state index is 0.0159. The first-order chi connectivity index (χ1) is 29.0. The van der Waals surface area contributed by atoms with E-state index in [0.717, 1.165) is 75.5 Å². The summed E-state index contributed by atoms with van der Waals surface area (Å²) in [6, 6.07) is 14.1. The zero-order chi connectivity index (χ0) is 42.1. The molecule has 5 heterocycles. The molecule has 3 fully saturated rings. The molecular formula is C45H52N8O7. The average molecular weight is 817 g/mol. The molecule has 2 aromatic heterocycles. The predicted molar refractivity (Wildman–Crippen MR) is 225 cm³/mol. The standard InChI is InChI=1S/C45H52N8O7/c1-25(2)37(50-44(56)58-4)43(55)53-26(3)8-17-36(53)41-46-32-15-12-28(24-34(32)48-41)10-9-27-11-14-31-30(23-27)13-16-33-39(31)49-40(47-33)35-7-6-20-52(35)42(54)38(51-45(57)59-5)29-18-21-60-22-19-29/h11-16,23-26,29,35-38H,6-8,17-22H2,1-5H3,(H,46,48)(H,47,49)(H,50,56)(H,51,57)/t26-,35-,36-,37-,38-/m0/s1. The average Bonchev–Trinajstić information content (AvgIpc) is 4.08. The largest absolute Gasteiger partial charge is 0.453 e. The number of rotatable bonds is 8. The highest BCUT2D eigenvalue weighted by Gasteiger charge is 2.42. The molecule has 15 nitrogen and oxygen atoms in total. The molecule has 4 amide bonds. The molecule has 8 rings (SSSR count). The Labute approximate surface area is 348 Å². The summed E-state index contributed by atoms with van der Waals surface area (Å²) in [5.74, 6) is 7.62. The molecule has 0 unspecified atom stereocenters. The van der Waals surface area contributed by atoms with Gasteiger partial charge in [-0.2, -0.15) is 0 Å². The van der Waals surface area contributed by atoms with E-state index >= 15 is 0 Å². The van der Waals surface area contributed by atoms with Gasteiger partial charge >= 0.3 is 12.2 Å². The highest BCUT2D eigenvalue weighted by Crippen LogP contribution is 2.38. The van der Waals surface area contributed by atoms with Gasteiger partial charge < -0.3 is 44.6 Å². The number of likely N-dealkylation sites (tertiary alicyclic amines) is 2.